The lowest BCUT2D eigenvalue weighted by molar-refractivity contribution is 0.312. The Hall–Kier alpha value is -4.28. The Morgan fingerprint density at radius 1 is 0.842 bits per heavy atom. The van der Waals surface area contributed by atoms with Crippen molar-refractivity contribution in [1.82, 2.24) is 24.6 Å². The first-order chi connectivity index (χ1) is 18.3. The predicted molar refractivity (Wildman–Crippen MR) is 153 cm³/mol. The number of aromatic nitrogens is 4. The highest BCUT2D eigenvalue weighted by atomic mass is 15.3. The lowest BCUT2D eigenvalue weighted by atomic mass is 9.86. The molecule has 0 aliphatic carbocycles. The standard InChI is InChI=1S/C31H31N7/c1-31(2,20-32)24-8-5-21(6-9-24)30-29-25-17-22(7-10-26(25)34-19-27(29)37(4)35-30)23-11-12-33-28(18-23)38-15-13-36(3)14-16-38/h5-12,17-19H,13-16H2,1-4H3. The Kier molecular flexibility index (Phi) is 5.85. The van der Waals surface area contributed by atoms with E-state index in [0.717, 1.165) is 81.8 Å². The van der Waals surface area contributed by atoms with Crippen molar-refractivity contribution in [2.45, 2.75) is 19.3 Å². The van der Waals surface area contributed by atoms with Gasteiger partial charge in [0.05, 0.1) is 28.7 Å². The summed E-state index contributed by atoms with van der Waals surface area (Å²) < 4.78 is 1.90. The largest absolute Gasteiger partial charge is 0.354 e. The summed E-state index contributed by atoms with van der Waals surface area (Å²) in [7, 11) is 4.13. The highest BCUT2D eigenvalue weighted by Gasteiger charge is 2.21. The van der Waals surface area contributed by atoms with E-state index in [9.17, 15) is 5.26 Å². The first-order valence-electron chi connectivity index (χ1n) is 13.0. The zero-order chi connectivity index (χ0) is 26.4. The average Bonchev–Trinajstić information content (AvgIpc) is 3.30. The summed E-state index contributed by atoms with van der Waals surface area (Å²) in [5, 5.41) is 16.6. The zero-order valence-corrected chi connectivity index (χ0v) is 22.3. The van der Waals surface area contributed by atoms with Gasteiger partial charge in [0.15, 0.2) is 0 Å². The van der Waals surface area contributed by atoms with Crippen LogP contribution < -0.4 is 4.90 Å². The lowest BCUT2D eigenvalue weighted by Gasteiger charge is -2.33. The topological polar surface area (TPSA) is 73.9 Å². The van der Waals surface area contributed by atoms with Gasteiger partial charge in [-0.05, 0) is 61.9 Å². The van der Waals surface area contributed by atoms with Crippen LogP contribution in [0.5, 0.6) is 0 Å². The molecule has 5 aromatic rings. The second-order valence-corrected chi connectivity index (χ2v) is 10.7. The zero-order valence-electron chi connectivity index (χ0n) is 22.3. The van der Waals surface area contributed by atoms with Crippen LogP contribution in [0.3, 0.4) is 0 Å². The highest BCUT2D eigenvalue weighted by molar-refractivity contribution is 6.12. The quantitative estimate of drug-likeness (QED) is 0.328. The van der Waals surface area contributed by atoms with E-state index in [2.05, 4.69) is 70.4 Å². The Morgan fingerprint density at radius 2 is 1.55 bits per heavy atom. The van der Waals surface area contributed by atoms with Crippen LogP contribution in [0.15, 0.2) is 67.0 Å². The Morgan fingerprint density at radius 3 is 2.29 bits per heavy atom. The van der Waals surface area contributed by atoms with E-state index in [1.54, 1.807) is 0 Å². The molecule has 6 rings (SSSR count). The molecule has 1 saturated heterocycles. The Bertz CT molecular complexity index is 1680. The fourth-order valence-electron chi connectivity index (χ4n) is 5.23. The van der Waals surface area contributed by atoms with Crippen LogP contribution in [0.25, 0.3) is 44.2 Å². The second kappa shape index (κ2) is 9.23. The van der Waals surface area contributed by atoms with Gasteiger partial charge in [-0.1, -0.05) is 30.3 Å². The van der Waals surface area contributed by atoms with E-state index < -0.39 is 5.41 Å². The van der Waals surface area contributed by atoms with Crippen molar-refractivity contribution in [3.05, 3.63) is 72.6 Å². The van der Waals surface area contributed by atoms with Gasteiger partial charge < -0.3 is 9.80 Å². The van der Waals surface area contributed by atoms with Gasteiger partial charge in [0.2, 0.25) is 0 Å². The maximum Gasteiger partial charge on any atom is 0.129 e. The summed E-state index contributed by atoms with van der Waals surface area (Å²) in [6, 6.07) is 21.3. The molecule has 0 amide bonds. The van der Waals surface area contributed by atoms with Crippen molar-refractivity contribution in [2.24, 2.45) is 7.05 Å². The molecule has 0 radical (unpaired) electrons. The molecule has 2 aromatic carbocycles. The number of benzene rings is 2. The fraction of sp³-hybridized carbons (Fsp3) is 0.290. The number of nitriles is 1. The SMILES string of the molecule is CN1CCN(c2cc(-c3ccc4ncc5c(c(-c6ccc(C(C)(C)C#N)cc6)nn5C)c4c3)ccn2)CC1. The first-order valence-corrected chi connectivity index (χ1v) is 13.0. The maximum absolute atomic E-state index is 9.54. The number of rotatable bonds is 4. The van der Waals surface area contributed by atoms with E-state index in [1.807, 2.05) is 50.1 Å². The maximum atomic E-state index is 9.54. The molecule has 7 heteroatoms. The Balaban J connectivity index is 1.45. The number of fused-ring (bicyclic) bond motifs is 3. The van der Waals surface area contributed by atoms with E-state index in [-0.39, 0.29) is 0 Å². The third-order valence-corrected chi connectivity index (χ3v) is 7.75. The molecule has 0 N–H and O–H groups in total. The summed E-state index contributed by atoms with van der Waals surface area (Å²) >= 11 is 0. The van der Waals surface area contributed by atoms with Crippen molar-refractivity contribution >= 4 is 27.6 Å². The third-order valence-electron chi connectivity index (χ3n) is 7.75. The van der Waals surface area contributed by atoms with E-state index in [4.69, 9.17) is 10.1 Å². The van der Waals surface area contributed by atoms with Gasteiger partial charge in [0.25, 0.3) is 0 Å². The molecule has 0 saturated carbocycles. The molecule has 4 heterocycles. The van der Waals surface area contributed by atoms with Gasteiger partial charge in [0.1, 0.15) is 11.5 Å². The minimum Gasteiger partial charge on any atom is -0.354 e. The summed E-state index contributed by atoms with van der Waals surface area (Å²) in [4.78, 5) is 14.1. The molecule has 0 unspecified atom stereocenters. The van der Waals surface area contributed by atoms with Gasteiger partial charge in [-0.3, -0.25) is 9.67 Å². The van der Waals surface area contributed by atoms with Gasteiger partial charge in [-0.15, -0.1) is 0 Å². The van der Waals surface area contributed by atoms with Crippen LogP contribution in [-0.2, 0) is 12.5 Å². The molecule has 7 nitrogen and oxygen atoms in total. The number of likely N-dealkylation sites (N-methyl/N-ethyl adjacent to an activating group) is 1. The minimum atomic E-state index is -0.538. The normalized spacial score (nSPS) is 14.8. The van der Waals surface area contributed by atoms with Crippen molar-refractivity contribution < 1.29 is 0 Å². The minimum absolute atomic E-state index is 0.538. The van der Waals surface area contributed by atoms with Crippen LogP contribution in [0.1, 0.15) is 19.4 Å². The average molecular weight is 502 g/mol. The van der Waals surface area contributed by atoms with Gasteiger partial charge in [0, 0.05) is 55.8 Å². The number of piperazine rings is 1. The molecular weight excluding hydrogens is 470 g/mol. The van der Waals surface area contributed by atoms with Crippen LogP contribution in [-0.4, -0.2) is 57.9 Å². The van der Waals surface area contributed by atoms with E-state index in [1.165, 1.54) is 0 Å². The molecule has 1 fully saturated rings. The van der Waals surface area contributed by atoms with Gasteiger partial charge >= 0.3 is 0 Å². The third kappa shape index (κ3) is 4.17. The fourth-order valence-corrected chi connectivity index (χ4v) is 5.23. The van der Waals surface area contributed by atoms with Crippen molar-refractivity contribution in [1.29, 1.82) is 5.26 Å². The molecule has 3 aromatic heterocycles. The molecule has 0 bridgehead atoms. The number of hydrogen-bond donors (Lipinski definition) is 0. The monoisotopic (exact) mass is 501 g/mol. The van der Waals surface area contributed by atoms with Crippen LogP contribution in [0.4, 0.5) is 5.82 Å². The number of anilines is 1. The van der Waals surface area contributed by atoms with Gasteiger partial charge in [-0.2, -0.15) is 10.4 Å². The molecule has 38 heavy (non-hydrogen) atoms. The van der Waals surface area contributed by atoms with E-state index >= 15 is 0 Å². The van der Waals surface area contributed by atoms with Crippen molar-refractivity contribution in [2.75, 3.05) is 38.1 Å². The first kappa shape index (κ1) is 24.1. The molecule has 1 aliphatic rings. The smallest absolute Gasteiger partial charge is 0.129 e. The highest BCUT2D eigenvalue weighted by Crippen LogP contribution is 2.36. The van der Waals surface area contributed by atoms with Crippen LogP contribution in [0, 0.1) is 11.3 Å². The van der Waals surface area contributed by atoms with Crippen molar-refractivity contribution in [3.8, 4) is 28.5 Å². The summed E-state index contributed by atoms with van der Waals surface area (Å²) in [5.41, 5.74) is 6.58. The molecular formula is C31H31N7. The number of pyridine rings is 2. The Labute approximate surface area is 223 Å². The van der Waals surface area contributed by atoms with Crippen molar-refractivity contribution in [3.63, 3.8) is 0 Å². The van der Waals surface area contributed by atoms with E-state index in [0.29, 0.717) is 0 Å². The lowest BCUT2D eigenvalue weighted by Crippen LogP contribution is -2.44. The number of nitrogens with zero attached hydrogens (tertiary/aromatic N) is 7. The summed E-state index contributed by atoms with van der Waals surface area (Å²) in [5.74, 6) is 1.02. The van der Waals surface area contributed by atoms with Crippen LogP contribution >= 0.6 is 0 Å². The predicted octanol–water partition coefficient (Wildman–Crippen LogP) is 5.40. The second-order valence-electron chi connectivity index (χ2n) is 10.7. The number of aryl methyl sites for hydroxylation is 1. The summed E-state index contributed by atoms with van der Waals surface area (Å²) in [6.07, 6.45) is 3.81. The molecule has 1 aliphatic heterocycles. The van der Waals surface area contributed by atoms with Crippen LogP contribution in [0.2, 0.25) is 0 Å². The van der Waals surface area contributed by atoms with Gasteiger partial charge in [-0.25, -0.2) is 4.98 Å². The number of hydrogen-bond acceptors (Lipinski definition) is 6. The molecule has 0 atom stereocenters. The summed E-state index contributed by atoms with van der Waals surface area (Å²) in [6.45, 7) is 7.94. The molecule has 0 spiro atoms. The molecule has 190 valence electrons.